The molecule has 1 heterocycles. The van der Waals surface area contributed by atoms with E-state index in [1.807, 2.05) is 19.3 Å². The molecule has 0 aliphatic carbocycles. The van der Waals surface area contributed by atoms with Crippen LogP contribution in [0.4, 0.5) is 0 Å². The number of carboxylic acids is 2. The van der Waals surface area contributed by atoms with Crippen LogP contribution in [0.3, 0.4) is 0 Å². The van der Waals surface area contributed by atoms with Gasteiger partial charge in [0.05, 0.1) is 0 Å². The van der Waals surface area contributed by atoms with E-state index in [9.17, 15) is 0 Å². The molecule has 126 valence electrons. The van der Waals surface area contributed by atoms with Crippen LogP contribution in [0.2, 0.25) is 0 Å². The molecule has 6 nitrogen and oxygen atoms in total. The van der Waals surface area contributed by atoms with Crippen LogP contribution < -0.4 is 5.32 Å². The molecule has 3 N–H and O–H groups in total. The standard InChI is InChI=1S/C15H15BrN2.C2H2O4/c1-17-10-8-15(13-3-2-9-18-11-13)12-4-6-14(16)7-5-12;3-1(4)2(5)6/h2-9,11,17H,10H2,1H3;(H,3,4)(H,5,6)/b15-8-;. The van der Waals surface area contributed by atoms with Crippen molar-refractivity contribution in [2.45, 2.75) is 0 Å². The largest absolute Gasteiger partial charge is 0.473 e. The second-order valence-corrected chi connectivity index (χ2v) is 5.45. The van der Waals surface area contributed by atoms with Gasteiger partial charge in [-0.25, -0.2) is 9.59 Å². The summed E-state index contributed by atoms with van der Waals surface area (Å²) >= 11 is 3.46. The molecule has 0 radical (unpaired) electrons. The number of likely N-dealkylation sites (N-methyl/N-ethyl adjacent to an activating group) is 1. The summed E-state index contributed by atoms with van der Waals surface area (Å²) in [4.78, 5) is 22.4. The SMILES string of the molecule is CNC/C=C(/c1ccc(Br)cc1)c1cccnc1.O=C(O)C(=O)O. The summed E-state index contributed by atoms with van der Waals surface area (Å²) in [6.07, 6.45) is 5.87. The number of rotatable bonds is 4. The van der Waals surface area contributed by atoms with E-state index in [4.69, 9.17) is 19.8 Å². The summed E-state index contributed by atoms with van der Waals surface area (Å²) in [5, 5.41) is 17.9. The minimum absolute atomic E-state index is 0.834. The molecule has 24 heavy (non-hydrogen) atoms. The average Bonchev–Trinajstić information content (AvgIpc) is 2.58. The molecule has 0 aliphatic heterocycles. The molecular weight excluding hydrogens is 376 g/mol. The van der Waals surface area contributed by atoms with Crippen molar-refractivity contribution in [3.8, 4) is 0 Å². The highest BCUT2D eigenvalue weighted by molar-refractivity contribution is 9.10. The number of carbonyl (C=O) groups is 2. The Hall–Kier alpha value is -2.51. The average molecular weight is 393 g/mol. The summed E-state index contributed by atoms with van der Waals surface area (Å²) in [5.74, 6) is -3.65. The van der Waals surface area contributed by atoms with E-state index in [1.165, 1.54) is 11.1 Å². The number of nitrogens with zero attached hydrogens (tertiary/aromatic N) is 1. The fourth-order valence-corrected chi connectivity index (χ4v) is 2.02. The van der Waals surface area contributed by atoms with E-state index < -0.39 is 11.9 Å². The molecule has 7 heteroatoms. The predicted octanol–water partition coefficient (Wildman–Crippen LogP) is 2.65. The van der Waals surface area contributed by atoms with Gasteiger partial charge in [0.15, 0.2) is 0 Å². The Morgan fingerprint density at radius 2 is 1.75 bits per heavy atom. The topological polar surface area (TPSA) is 99.5 Å². The maximum atomic E-state index is 9.10. The zero-order valence-corrected chi connectivity index (χ0v) is 14.5. The lowest BCUT2D eigenvalue weighted by molar-refractivity contribution is -0.159. The highest BCUT2D eigenvalue weighted by Gasteiger charge is 2.05. The van der Waals surface area contributed by atoms with Gasteiger partial charge in [0.2, 0.25) is 0 Å². The van der Waals surface area contributed by atoms with Crippen LogP contribution in [-0.2, 0) is 9.59 Å². The summed E-state index contributed by atoms with van der Waals surface area (Å²) in [6.45, 7) is 0.834. The Labute approximate surface area is 148 Å². The molecule has 0 unspecified atom stereocenters. The predicted molar refractivity (Wildman–Crippen MR) is 94.7 cm³/mol. The van der Waals surface area contributed by atoms with Gasteiger partial charge in [0, 0.05) is 29.0 Å². The van der Waals surface area contributed by atoms with E-state index in [0.717, 1.165) is 16.6 Å². The Kier molecular flexibility index (Phi) is 8.38. The maximum Gasteiger partial charge on any atom is 0.414 e. The summed E-state index contributed by atoms with van der Waals surface area (Å²) in [7, 11) is 1.94. The second kappa shape index (κ2) is 10.3. The Bertz CT molecular complexity index is 688. The number of hydrogen-bond acceptors (Lipinski definition) is 4. The summed E-state index contributed by atoms with van der Waals surface area (Å²) in [5.41, 5.74) is 3.53. The van der Waals surface area contributed by atoms with Crippen molar-refractivity contribution in [2.24, 2.45) is 0 Å². The van der Waals surface area contributed by atoms with E-state index in [1.54, 1.807) is 6.20 Å². The quantitative estimate of drug-likeness (QED) is 0.691. The van der Waals surface area contributed by atoms with Gasteiger partial charge in [-0.05, 0) is 36.4 Å². The van der Waals surface area contributed by atoms with Gasteiger partial charge < -0.3 is 15.5 Å². The fraction of sp³-hybridized carbons (Fsp3) is 0.118. The number of hydrogen-bond donors (Lipinski definition) is 3. The molecule has 1 aromatic carbocycles. The third-order valence-electron chi connectivity index (χ3n) is 2.82. The zero-order valence-electron chi connectivity index (χ0n) is 12.9. The van der Waals surface area contributed by atoms with Crippen molar-refractivity contribution in [1.82, 2.24) is 10.3 Å². The van der Waals surface area contributed by atoms with Gasteiger partial charge in [0.25, 0.3) is 0 Å². The lowest BCUT2D eigenvalue weighted by Gasteiger charge is -2.08. The Morgan fingerprint density at radius 3 is 2.21 bits per heavy atom. The van der Waals surface area contributed by atoms with Gasteiger partial charge in [-0.1, -0.05) is 40.2 Å². The number of benzene rings is 1. The first-order valence-corrected chi connectivity index (χ1v) is 7.72. The fourth-order valence-electron chi connectivity index (χ4n) is 1.76. The van der Waals surface area contributed by atoms with Crippen molar-refractivity contribution < 1.29 is 19.8 Å². The molecule has 0 amide bonds. The maximum absolute atomic E-state index is 9.10. The molecular formula is C17H17BrN2O4. The minimum atomic E-state index is -1.82. The van der Waals surface area contributed by atoms with Crippen LogP contribution in [0, 0.1) is 0 Å². The number of halogens is 1. The molecule has 2 aromatic rings. The first kappa shape index (κ1) is 19.5. The molecule has 1 aromatic heterocycles. The smallest absolute Gasteiger partial charge is 0.414 e. The number of aliphatic carboxylic acids is 2. The van der Waals surface area contributed by atoms with Gasteiger partial charge in [-0.2, -0.15) is 0 Å². The molecule has 2 rings (SSSR count). The van der Waals surface area contributed by atoms with Crippen LogP contribution >= 0.6 is 15.9 Å². The van der Waals surface area contributed by atoms with Gasteiger partial charge in [-0.15, -0.1) is 0 Å². The van der Waals surface area contributed by atoms with Crippen molar-refractivity contribution in [3.63, 3.8) is 0 Å². The first-order chi connectivity index (χ1) is 11.5. The number of aromatic nitrogens is 1. The minimum Gasteiger partial charge on any atom is -0.473 e. The third-order valence-corrected chi connectivity index (χ3v) is 3.35. The Balaban J connectivity index is 0.000000413. The normalized spacial score (nSPS) is 10.5. The molecule has 0 spiro atoms. The highest BCUT2D eigenvalue weighted by atomic mass is 79.9. The first-order valence-electron chi connectivity index (χ1n) is 6.93. The molecule has 0 saturated heterocycles. The van der Waals surface area contributed by atoms with E-state index in [0.29, 0.717) is 0 Å². The van der Waals surface area contributed by atoms with E-state index >= 15 is 0 Å². The van der Waals surface area contributed by atoms with Crippen molar-refractivity contribution in [2.75, 3.05) is 13.6 Å². The van der Waals surface area contributed by atoms with Crippen molar-refractivity contribution in [3.05, 3.63) is 70.5 Å². The number of carboxylic acid groups (broad SMARTS) is 2. The second-order valence-electron chi connectivity index (χ2n) is 4.53. The van der Waals surface area contributed by atoms with Gasteiger partial charge in [0.1, 0.15) is 0 Å². The monoisotopic (exact) mass is 392 g/mol. The molecule has 0 fully saturated rings. The number of pyridine rings is 1. The highest BCUT2D eigenvalue weighted by Crippen LogP contribution is 2.23. The van der Waals surface area contributed by atoms with E-state index in [2.05, 4.69) is 62.6 Å². The van der Waals surface area contributed by atoms with Crippen LogP contribution in [0.25, 0.3) is 5.57 Å². The van der Waals surface area contributed by atoms with Gasteiger partial charge in [-0.3, -0.25) is 4.98 Å². The zero-order chi connectivity index (χ0) is 17.9. The van der Waals surface area contributed by atoms with Crippen molar-refractivity contribution >= 4 is 33.4 Å². The molecule has 0 bridgehead atoms. The summed E-state index contributed by atoms with van der Waals surface area (Å²) in [6, 6.07) is 12.4. The summed E-state index contributed by atoms with van der Waals surface area (Å²) < 4.78 is 1.09. The molecule has 0 saturated carbocycles. The van der Waals surface area contributed by atoms with Crippen LogP contribution in [0.5, 0.6) is 0 Å². The molecule has 0 aliphatic rings. The molecule has 0 atom stereocenters. The Morgan fingerprint density at radius 1 is 1.12 bits per heavy atom. The van der Waals surface area contributed by atoms with Crippen LogP contribution in [-0.4, -0.2) is 40.7 Å². The van der Waals surface area contributed by atoms with Crippen LogP contribution in [0.15, 0.2) is 59.3 Å². The third kappa shape index (κ3) is 6.72. The lowest BCUT2D eigenvalue weighted by atomic mass is 9.99. The number of nitrogens with one attached hydrogen (secondary N) is 1. The van der Waals surface area contributed by atoms with Crippen LogP contribution in [0.1, 0.15) is 11.1 Å². The lowest BCUT2D eigenvalue weighted by Crippen LogP contribution is -2.09. The van der Waals surface area contributed by atoms with Gasteiger partial charge >= 0.3 is 11.9 Å². The van der Waals surface area contributed by atoms with E-state index in [-0.39, 0.29) is 0 Å². The van der Waals surface area contributed by atoms with Crippen molar-refractivity contribution in [1.29, 1.82) is 0 Å².